The van der Waals surface area contributed by atoms with Crippen LogP contribution in [-0.4, -0.2) is 18.6 Å². The molecule has 1 aromatic rings. The highest BCUT2D eigenvalue weighted by Gasteiger charge is 2.40. The maximum atomic E-state index is 12.1. The normalized spacial score (nSPS) is 18.0. The van der Waals surface area contributed by atoms with Crippen molar-refractivity contribution in [3.8, 4) is 0 Å². The lowest BCUT2D eigenvalue weighted by Gasteiger charge is -2.35. The Hall–Kier alpha value is -0.870. The molecule has 0 spiro atoms. The van der Waals surface area contributed by atoms with E-state index in [2.05, 4.69) is 27.3 Å². The molecular formula is C15H20BrNO2. The molecule has 1 aliphatic rings. The van der Waals surface area contributed by atoms with E-state index in [1.165, 1.54) is 13.5 Å². The van der Waals surface area contributed by atoms with E-state index in [9.17, 15) is 4.79 Å². The second kappa shape index (κ2) is 6.53. The molecular weight excluding hydrogens is 306 g/mol. The second-order valence-electron chi connectivity index (χ2n) is 5.08. The first kappa shape index (κ1) is 14.5. The molecule has 0 radical (unpaired) electrons. The minimum absolute atomic E-state index is 0.126. The number of carbonyl (C=O) groups is 1. The molecule has 1 fully saturated rings. The summed E-state index contributed by atoms with van der Waals surface area (Å²) in [5.41, 5.74) is 0.666. The largest absolute Gasteiger partial charge is 0.468 e. The molecule has 1 N–H and O–H groups in total. The Morgan fingerprint density at radius 3 is 2.63 bits per heavy atom. The maximum absolute atomic E-state index is 12.1. The number of hydrogen-bond donors (Lipinski definition) is 1. The molecule has 0 aliphatic heterocycles. The van der Waals surface area contributed by atoms with E-state index in [1.807, 2.05) is 18.2 Å². The SMILES string of the molecule is COC(=O)C1(NCc2ccccc2Br)CCCCC1. The third kappa shape index (κ3) is 3.37. The van der Waals surface area contributed by atoms with Crippen molar-refractivity contribution in [1.29, 1.82) is 0 Å². The van der Waals surface area contributed by atoms with Gasteiger partial charge in [-0.2, -0.15) is 0 Å². The molecule has 0 saturated heterocycles. The average Bonchev–Trinajstić information content (AvgIpc) is 2.46. The summed E-state index contributed by atoms with van der Waals surface area (Å²) in [6.45, 7) is 0.677. The van der Waals surface area contributed by atoms with Crippen LogP contribution in [0.4, 0.5) is 0 Å². The number of methoxy groups -OCH3 is 1. The van der Waals surface area contributed by atoms with Gasteiger partial charge in [-0.3, -0.25) is 10.1 Å². The fourth-order valence-electron chi connectivity index (χ4n) is 2.71. The third-order valence-electron chi connectivity index (χ3n) is 3.86. The van der Waals surface area contributed by atoms with Gasteiger partial charge in [-0.05, 0) is 24.5 Å². The van der Waals surface area contributed by atoms with Crippen LogP contribution in [0.5, 0.6) is 0 Å². The average molecular weight is 326 g/mol. The Bertz CT molecular complexity index is 442. The van der Waals surface area contributed by atoms with Gasteiger partial charge in [-0.1, -0.05) is 53.4 Å². The Morgan fingerprint density at radius 1 is 1.32 bits per heavy atom. The summed E-state index contributed by atoms with van der Waals surface area (Å²) < 4.78 is 6.07. The number of esters is 1. The highest BCUT2D eigenvalue weighted by molar-refractivity contribution is 9.10. The van der Waals surface area contributed by atoms with Crippen LogP contribution in [0.1, 0.15) is 37.7 Å². The number of carbonyl (C=O) groups excluding carboxylic acids is 1. The van der Waals surface area contributed by atoms with Crippen molar-refractivity contribution in [2.24, 2.45) is 0 Å². The van der Waals surface area contributed by atoms with Crippen LogP contribution in [0, 0.1) is 0 Å². The fraction of sp³-hybridized carbons (Fsp3) is 0.533. The van der Waals surface area contributed by atoms with Crippen LogP contribution >= 0.6 is 15.9 Å². The molecule has 0 heterocycles. The zero-order chi connectivity index (χ0) is 13.7. The van der Waals surface area contributed by atoms with Crippen LogP contribution in [0.3, 0.4) is 0 Å². The number of ether oxygens (including phenoxy) is 1. The molecule has 0 atom stereocenters. The molecule has 4 heteroatoms. The summed E-state index contributed by atoms with van der Waals surface area (Å²) in [6.07, 6.45) is 5.10. The molecule has 1 saturated carbocycles. The quantitative estimate of drug-likeness (QED) is 0.862. The highest BCUT2D eigenvalue weighted by atomic mass is 79.9. The van der Waals surface area contributed by atoms with E-state index in [-0.39, 0.29) is 5.97 Å². The van der Waals surface area contributed by atoms with Crippen molar-refractivity contribution in [3.63, 3.8) is 0 Å². The van der Waals surface area contributed by atoms with Crippen molar-refractivity contribution < 1.29 is 9.53 Å². The minimum Gasteiger partial charge on any atom is -0.468 e. The van der Waals surface area contributed by atoms with Gasteiger partial charge in [-0.15, -0.1) is 0 Å². The molecule has 1 aromatic carbocycles. The standard InChI is InChI=1S/C15H20BrNO2/c1-19-14(18)15(9-5-2-6-10-15)17-11-12-7-3-4-8-13(12)16/h3-4,7-8,17H,2,5-6,9-11H2,1H3. The zero-order valence-electron chi connectivity index (χ0n) is 11.2. The van der Waals surface area contributed by atoms with Crippen LogP contribution in [0.2, 0.25) is 0 Å². The Morgan fingerprint density at radius 2 is 2.00 bits per heavy atom. The predicted octanol–water partition coefficient (Wildman–Crippen LogP) is 3.41. The van der Waals surface area contributed by atoms with Gasteiger partial charge in [0.15, 0.2) is 0 Å². The monoisotopic (exact) mass is 325 g/mol. The van der Waals surface area contributed by atoms with Crippen molar-refractivity contribution in [1.82, 2.24) is 5.32 Å². The Labute approximate surface area is 122 Å². The van der Waals surface area contributed by atoms with Gasteiger partial charge in [0.05, 0.1) is 7.11 Å². The molecule has 0 aromatic heterocycles. The first-order valence-corrected chi connectivity index (χ1v) is 7.54. The molecule has 0 amide bonds. The lowest BCUT2D eigenvalue weighted by molar-refractivity contribution is -0.150. The van der Waals surface area contributed by atoms with Crippen molar-refractivity contribution in [3.05, 3.63) is 34.3 Å². The van der Waals surface area contributed by atoms with Crippen molar-refractivity contribution in [2.75, 3.05) is 7.11 Å². The van der Waals surface area contributed by atoms with Gasteiger partial charge >= 0.3 is 5.97 Å². The van der Waals surface area contributed by atoms with E-state index in [0.29, 0.717) is 6.54 Å². The molecule has 19 heavy (non-hydrogen) atoms. The van der Waals surface area contributed by atoms with E-state index in [0.717, 1.165) is 35.7 Å². The summed E-state index contributed by atoms with van der Waals surface area (Å²) in [6, 6.07) is 8.07. The highest BCUT2D eigenvalue weighted by Crippen LogP contribution is 2.30. The summed E-state index contributed by atoms with van der Waals surface area (Å²) in [4.78, 5) is 12.1. The Kier molecular flexibility index (Phi) is 4.99. The summed E-state index contributed by atoms with van der Waals surface area (Å²) in [5, 5.41) is 3.44. The molecule has 0 bridgehead atoms. The third-order valence-corrected chi connectivity index (χ3v) is 4.63. The van der Waals surface area contributed by atoms with E-state index in [4.69, 9.17) is 4.74 Å². The number of rotatable bonds is 4. The Balaban J connectivity index is 2.09. The second-order valence-corrected chi connectivity index (χ2v) is 5.93. The van der Waals surface area contributed by atoms with Gasteiger partial charge < -0.3 is 4.74 Å². The predicted molar refractivity (Wildman–Crippen MR) is 78.8 cm³/mol. The topological polar surface area (TPSA) is 38.3 Å². The van der Waals surface area contributed by atoms with Gasteiger partial charge in [0.25, 0.3) is 0 Å². The maximum Gasteiger partial charge on any atom is 0.326 e. The van der Waals surface area contributed by atoms with Gasteiger partial charge in [0.2, 0.25) is 0 Å². The number of benzene rings is 1. The summed E-state index contributed by atoms with van der Waals surface area (Å²) in [7, 11) is 1.47. The fourth-order valence-corrected chi connectivity index (χ4v) is 3.13. The van der Waals surface area contributed by atoms with Crippen LogP contribution in [0.15, 0.2) is 28.7 Å². The van der Waals surface area contributed by atoms with Gasteiger partial charge in [-0.25, -0.2) is 0 Å². The summed E-state index contributed by atoms with van der Waals surface area (Å²) in [5.74, 6) is -0.126. The number of nitrogens with one attached hydrogen (secondary N) is 1. The first-order valence-electron chi connectivity index (χ1n) is 6.75. The van der Waals surface area contributed by atoms with E-state index < -0.39 is 5.54 Å². The number of halogens is 1. The molecule has 104 valence electrons. The van der Waals surface area contributed by atoms with Crippen molar-refractivity contribution in [2.45, 2.75) is 44.2 Å². The minimum atomic E-state index is -0.498. The van der Waals surface area contributed by atoms with Crippen LogP contribution < -0.4 is 5.32 Å². The van der Waals surface area contributed by atoms with Crippen LogP contribution in [0.25, 0.3) is 0 Å². The smallest absolute Gasteiger partial charge is 0.326 e. The van der Waals surface area contributed by atoms with E-state index >= 15 is 0 Å². The summed E-state index contributed by atoms with van der Waals surface area (Å²) >= 11 is 3.54. The lowest BCUT2D eigenvalue weighted by Crippen LogP contribution is -2.53. The zero-order valence-corrected chi connectivity index (χ0v) is 12.8. The number of hydrogen-bond acceptors (Lipinski definition) is 3. The first-order chi connectivity index (χ1) is 9.18. The van der Waals surface area contributed by atoms with Crippen LogP contribution in [-0.2, 0) is 16.1 Å². The molecule has 1 aliphatic carbocycles. The molecule has 0 unspecified atom stereocenters. The van der Waals surface area contributed by atoms with Crippen molar-refractivity contribution >= 4 is 21.9 Å². The van der Waals surface area contributed by atoms with E-state index in [1.54, 1.807) is 0 Å². The lowest BCUT2D eigenvalue weighted by atomic mass is 9.81. The molecule has 3 nitrogen and oxygen atoms in total. The van der Waals surface area contributed by atoms with Gasteiger partial charge in [0, 0.05) is 11.0 Å². The molecule has 2 rings (SSSR count). The van der Waals surface area contributed by atoms with Gasteiger partial charge in [0.1, 0.15) is 5.54 Å².